The third-order valence-corrected chi connectivity index (χ3v) is 4.15. The van der Waals surface area contributed by atoms with E-state index in [4.69, 9.17) is 0 Å². The number of benzene rings is 1. The van der Waals surface area contributed by atoms with Crippen molar-refractivity contribution < 1.29 is 10.2 Å². The summed E-state index contributed by atoms with van der Waals surface area (Å²) in [6.45, 7) is 4.21. The van der Waals surface area contributed by atoms with E-state index in [9.17, 15) is 10.2 Å². The molecule has 1 aromatic rings. The van der Waals surface area contributed by atoms with Crippen molar-refractivity contribution in [3.63, 3.8) is 0 Å². The summed E-state index contributed by atoms with van der Waals surface area (Å²) in [6.07, 6.45) is -1.09. The Labute approximate surface area is 126 Å². The molecule has 1 aromatic carbocycles. The van der Waals surface area contributed by atoms with Crippen molar-refractivity contribution in [3.05, 3.63) is 29.8 Å². The van der Waals surface area contributed by atoms with E-state index in [0.717, 1.165) is 31.7 Å². The van der Waals surface area contributed by atoms with Crippen molar-refractivity contribution in [2.75, 3.05) is 43.9 Å². The lowest BCUT2D eigenvalue weighted by molar-refractivity contribution is 0.0172. The first-order valence-corrected chi connectivity index (χ1v) is 7.75. The SMILES string of the molecule is CN1CCN(c2ccc(C(O)C(O)CCS)cc2)CC1. The Morgan fingerprint density at radius 2 is 1.70 bits per heavy atom. The molecule has 2 unspecified atom stereocenters. The molecule has 0 bridgehead atoms. The highest BCUT2D eigenvalue weighted by Gasteiger charge is 2.18. The maximum absolute atomic E-state index is 10.1. The molecule has 20 heavy (non-hydrogen) atoms. The first kappa shape index (κ1) is 15.6. The summed E-state index contributed by atoms with van der Waals surface area (Å²) in [5, 5.41) is 19.9. The zero-order valence-corrected chi connectivity index (χ0v) is 12.8. The van der Waals surface area contributed by atoms with Gasteiger partial charge in [0, 0.05) is 31.9 Å². The minimum absolute atomic E-state index is 0.491. The van der Waals surface area contributed by atoms with Crippen LogP contribution in [0, 0.1) is 0 Å². The van der Waals surface area contributed by atoms with Crippen LogP contribution >= 0.6 is 12.6 Å². The highest BCUT2D eigenvalue weighted by atomic mass is 32.1. The number of hydrogen-bond acceptors (Lipinski definition) is 5. The predicted molar refractivity (Wildman–Crippen MR) is 85.6 cm³/mol. The summed E-state index contributed by atoms with van der Waals surface area (Å²) in [4.78, 5) is 4.67. The number of aliphatic hydroxyl groups excluding tert-OH is 2. The van der Waals surface area contributed by atoms with Crippen molar-refractivity contribution in [1.82, 2.24) is 4.90 Å². The summed E-state index contributed by atoms with van der Waals surface area (Å²) < 4.78 is 0. The van der Waals surface area contributed by atoms with Gasteiger partial charge in [-0.25, -0.2) is 0 Å². The summed E-state index contributed by atoms with van der Waals surface area (Å²) in [7, 11) is 2.14. The molecule has 1 aliphatic heterocycles. The van der Waals surface area contributed by atoms with Crippen LogP contribution < -0.4 is 4.90 Å². The highest BCUT2D eigenvalue weighted by molar-refractivity contribution is 7.80. The Balaban J connectivity index is 1.99. The summed E-state index contributed by atoms with van der Waals surface area (Å²) in [5.41, 5.74) is 1.94. The summed E-state index contributed by atoms with van der Waals surface area (Å²) in [6, 6.07) is 7.86. The smallest absolute Gasteiger partial charge is 0.105 e. The lowest BCUT2D eigenvalue weighted by Crippen LogP contribution is -2.44. The van der Waals surface area contributed by atoms with Crippen molar-refractivity contribution in [1.29, 1.82) is 0 Å². The van der Waals surface area contributed by atoms with Crippen LogP contribution in [0.25, 0.3) is 0 Å². The van der Waals surface area contributed by atoms with E-state index in [1.54, 1.807) is 0 Å². The van der Waals surface area contributed by atoms with Crippen molar-refractivity contribution in [2.24, 2.45) is 0 Å². The molecular weight excluding hydrogens is 272 g/mol. The van der Waals surface area contributed by atoms with E-state index in [2.05, 4.69) is 29.5 Å². The predicted octanol–water partition coefficient (Wildman–Crippen LogP) is 1.15. The minimum atomic E-state index is -0.830. The van der Waals surface area contributed by atoms with E-state index in [-0.39, 0.29) is 0 Å². The molecule has 0 spiro atoms. The van der Waals surface area contributed by atoms with Crippen LogP contribution in [0.3, 0.4) is 0 Å². The quantitative estimate of drug-likeness (QED) is 0.714. The molecule has 0 radical (unpaired) electrons. The van der Waals surface area contributed by atoms with Gasteiger partial charge < -0.3 is 20.0 Å². The number of anilines is 1. The van der Waals surface area contributed by atoms with Crippen molar-refractivity contribution >= 4 is 18.3 Å². The molecular formula is C15H24N2O2S. The molecule has 2 N–H and O–H groups in total. The fourth-order valence-corrected chi connectivity index (χ4v) is 2.72. The average molecular weight is 296 g/mol. The molecule has 0 amide bonds. The van der Waals surface area contributed by atoms with Gasteiger partial charge in [-0.15, -0.1) is 0 Å². The molecule has 112 valence electrons. The Morgan fingerprint density at radius 3 is 2.25 bits per heavy atom. The number of thiol groups is 1. The number of aliphatic hydroxyl groups is 2. The van der Waals surface area contributed by atoms with E-state index < -0.39 is 12.2 Å². The van der Waals surface area contributed by atoms with Gasteiger partial charge in [0.25, 0.3) is 0 Å². The molecule has 0 saturated carbocycles. The molecule has 1 fully saturated rings. The molecule has 1 saturated heterocycles. The third-order valence-electron chi connectivity index (χ3n) is 3.89. The number of hydrogen-bond donors (Lipinski definition) is 3. The Bertz CT molecular complexity index is 384. The van der Waals surface area contributed by atoms with E-state index in [0.29, 0.717) is 12.2 Å². The number of rotatable bonds is 5. The lowest BCUT2D eigenvalue weighted by atomic mass is 10.0. The number of nitrogens with zero attached hydrogens (tertiary/aromatic N) is 2. The van der Waals surface area contributed by atoms with Crippen LogP contribution in [0.4, 0.5) is 5.69 Å². The first-order chi connectivity index (χ1) is 9.61. The maximum atomic E-state index is 10.1. The van der Waals surface area contributed by atoms with Crippen molar-refractivity contribution in [3.8, 4) is 0 Å². The lowest BCUT2D eigenvalue weighted by Gasteiger charge is -2.34. The van der Waals surface area contributed by atoms with Gasteiger partial charge in [-0.2, -0.15) is 12.6 Å². The molecule has 1 aliphatic rings. The highest BCUT2D eigenvalue weighted by Crippen LogP contribution is 2.23. The normalized spacial score (nSPS) is 19.9. The molecule has 0 aromatic heterocycles. The molecule has 1 heterocycles. The zero-order chi connectivity index (χ0) is 14.5. The Morgan fingerprint density at radius 1 is 1.10 bits per heavy atom. The fraction of sp³-hybridized carbons (Fsp3) is 0.600. The van der Waals surface area contributed by atoms with Crippen LogP contribution in [-0.4, -0.2) is 60.2 Å². The monoisotopic (exact) mass is 296 g/mol. The maximum Gasteiger partial charge on any atom is 0.105 e. The van der Waals surface area contributed by atoms with Crippen molar-refractivity contribution in [2.45, 2.75) is 18.6 Å². The second kappa shape index (κ2) is 7.31. The standard InChI is InChI=1S/C15H24N2O2S/c1-16-7-9-17(10-8-16)13-4-2-12(3-5-13)15(19)14(18)6-11-20/h2-5,14-15,18-20H,6-11H2,1H3. The Hall–Kier alpha value is -0.750. The van der Waals surface area contributed by atoms with Crippen LogP contribution in [0.15, 0.2) is 24.3 Å². The van der Waals surface area contributed by atoms with Crippen LogP contribution in [0.2, 0.25) is 0 Å². The number of piperazine rings is 1. The average Bonchev–Trinajstić information content (AvgIpc) is 2.48. The van der Waals surface area contributed by atoms with Crippen LogP contribution in [-0.2, 0) is 0 Å². The van der Waals surface area contributed by atoms with Gasteiger partial charge in [0.1, 0.15) is 6.10 Å². The summed E-state index contributed by atoms with van der Waals surface area (Å²) in [5.74, 6) is 0.567. The molecule has 5 heteroatoms. The molecule has 2 rings (SSSR count). The van der Waals surface area contributed by atoms with Crippen LogP contribution in [0.5, 0.6) is 0 Å². The largest absolute Gasteiger partial charge is 0.390 e. The fourth-order valence-electron chi connectivity index (χ4n) is 2.46. The van der Waals surface area contributed by atoms with Gasteiger partial charge in [-0.1, -0.05) is 12.1 Å². The minimum Gasteiger partial charge on any atom is -0.390 e. The van der Waals surface area contributed by atoms with Gasteiger partial charge in [0.05, 0.1) is 6.10 Å². The summed E-state index contributed by atoms with van der Waals surface area (Å²) >= 11 is 4.08. The third kappa shape index (κ3) is 3.88. The molecule has 0 aliphatic carbocycles. The first-order valence-electron chi connectivity index (χ1n) is 7.12. The molecule has 2 atom stereocenters. The van der Waals surface area contributed by atoms with Gasteiger partial charge in [0.2, 0.25) is 0 Å². The van der Waals surface area contributed by atoms with Gasteiger partial charge in [-0.3, -0.25) is 0 Å². The van der Waals surface area contributed by atoms with Crippen LogP contribution in [0.1, 0.15) is 18.1 Å². The van der Waals surface area contributed by atoms with E-state index in [1.165, 1.54) is 5.69 Å². The van der Waals surface area contributed by atoms with E-state index in [1.807, 2.05) is 24.3 Å². The molecule has 4 nitrogen and oxygen atoms in total. The van der Waals surface area contributed by atoms with Gasteiger partial charge >= 0.3 is 0 Å². The van der Waals surface area contributed by atoms with Gasteiger partial charge in [-0.05, 0) is 36.9 Å². The second-order valence-corrected chi connectivity index (χ2v) is 5.85. The number of likely N-dealkylation sites (N-methyl/N-ethyl adjacent to an activating group) is 1. The topological polar surface area (TPSA) is 46.9 Å². The second-order valence-electron chi connectivity index (χ2n) is 5.41. The van der Waals surface area contributed by atoms with Gasteiger partial charge in [0.15, 0.2) is 0 Å². The Kier molecular flexibility index (Phi) is 5.72. The zero-order valence-electron chi connectivity index (χ0n) is 11.9. The van der Waals surface area contributed by atoms with E-state index >= 15 is 0 Å².